The summed E-state index contributed by atoms with van der Waals surface area (Å²) in [7, 11) is 1.56. The summed E-state index contributed by atoms with van der Waals surface area (Å²) < 4.78 is 0. The minimum atomic E-state index is -0.724. The van der Waals surface area contributed by atoms with Gasteiger partial charge in [0.2, 0.25) is 5.91 Å². The minimum Gasteiger partial charge on any atom is -0.315 e. The van der Waals surface area contributed by atoms with Crippen LogP contribution in [0.3, 0.4) is 0 Å². The summed E-state index contributed by atoms with van der Waals surface area (Å²) in [5.74, 6) is -0.354. The van der Waals surface area contributed by atoms with Gasteiger partial charge in [-0.3, -0.25) is 25.0 Å². The lowest BCUT2D eigenvalue weighted by Crippen LogP contribution is -2.28. The molecule has 0 atom stereocenters. The topological polar surface area (TPSA) is 107 Å². The van der Waals surface area contributed by atoms with E-state index < -0.39 is 15.5 Å². The van der Waals surface area contributed by atoms with Crippen LogP contribution in [0.15, 0.2) is 48.5 Å². The number of rotatable bonds is 5. The Morgan fingerprint density at radius 1 is 1.04 bits per heavy atom. The molecule has 0 aliphatic carbocycles. The predicted octanol–water partition coefficient (Wildman–Crippen LogP) is 2.71. The molecule has 0 radical (unpaired) electrons. The highest BCUT2D eigenvalue weighted by Gasteiger charge is 2.22. The van der Waals surface area contributed by atoms with Gasteiger partial charge in [0.05, 0.1) is 22.3 Å². The smallest absolute Gasteiger partial charge is 0.279 e. The fourth-order valence-corrected chi connectivity index (χ4v) is 2.06. The zero-order valence-corrected chi connectivity index (χ0v) is 12.2. The van der Waals surface area contributed by atoms with Gasteiger partial charge in [-0.15, -0.1) is 0 Å². The lowest BCUT2D eigenvalue weighted by molar-refractivity contribution is -0.394. The quantitative estimate of drug-likeness (QED) is 0.623. The number of carbonyl (C=O) groups excluding carboxylic acids is 1. The number of amides is 1. The van der Waals surface area contributed by atoms with Crippen LogP contribution in [-0.2, 0) is 11.2 Å². The Balaban J connectivity index is 2.27. The highest BCUT2D eigenvalue weighted by Crippen LogP contribution is 2.25. The third-order valence-electron chi connectivity index (χ3n) is 3.34. The maximum absolute atomic E-state index is 12.3. The molecule has 23 heavy (non-hydrogen) atoms. The van der Waals surface area contributed by atoms with Crippen LogP contribution < -0.4 is 4.90 Å². The Kier molecular flexibility index (Phi) is 4.65. The van der Waals surface area contributed by atoms with Gasteiger partial charge in [0.25, 0.3) is 11.4 Å². The third-order valence-corrected chi connectivity index (χ3v) is 3.34. The standard InChI is InChI=1S/C15H13N3O5/c1-16(12-5-3-2-4-6-12)15(19)9-11-7-8-13(17(20)21)10-14(11)18(22)23/h2-8,10H,9H2,1H3. The van der Waals surface area contributed by atoms with Crippen molar-refractivity contribution in [2.24, 2.45) is 0 Å². The van der Waals surface area contributed by atoms with E-state index in [1.165, 1.54) is 11.0 Å². The maximum atomic E-state index is 12.3. The van der Waals surface area contributed by atoms with Gasteiger partial charge < -0.3 is 4.90 Å². The van der Waals surface area contributed by atoms with Gasteiger partial charge in [0.15, 0.2) is 0 Å². The summed E-state index contributed by atoms with van der Waals surface area (Å²) in [5.41, 5.74) is -0.0335. The number of para-hydroxylation sites is 1. The van der Waals surface area contributed by atoms with Crippen LogP contribution in [0.2, 0.25) is 0 Å². The van der Waals surface area contributed by atoms with E-state index in [4.69, 9.17) is 0 Å². The lowest BCUT2D eigenvalue weighted by atomic mass is 10.1. The molecular formula is C15H13N3O5. The summed E-state index contributed by atoms with van der Waals surface area (Å²) in [6.45, 7) is 0. The van der Waals surface area contributed by atoms with Gasteiger partial charge in [-0.1, -0.05) is 18.2 Å². The number of nitro benzene ring substituents is 2. The zero-order valence-electron chi connectivity index (χ0n) is 12.2. The Hall–Kier alpha value is -3.29. The van der Waals surface area contributed by atoms with E-state index >= 15 is 0 Å². The van der Waals surface area contributed by atoms with Crippen molar-refractivity contribution < 1.29 is 14.6 Å². The van der Waals surface area contributed by atoms with Crippen molar-refractivity contribution in [3.05, 3.63) is 74.3 Å². The third kappa shape index (κ3) is 3.67. The highest BCUT2D eigenvalue weighted by molar-refractivity contribution is 5.94. The van der Waals surface area contributed by atoms with Crippen molar-refractivity contribution in [1.29, 1.82) is 0 Å². The van der Waals surface area contributed by atoms with Crippen molar-refractivity contribution in [3.63, 3.8) is 0 Å². The molecule has 0 unspecified atom stereocenters. The van der Waals surface area contributed by atoms with Crippen LogP contribution in [0, 0.1) is 20.2 Å². The van der Waals surface area contributed by atoms with E-state index in [2.05, 4.69) is 0 Å². The number of benzene rings is 2. The number of carbonyl (C=O) groups is 1. The fraction of sp³-hybridized carbons (Fsp3) is 0.133. The number of anilines is 1. The monoisotopic (exact) mass is 315 g/mol. The predicted molar refractivity (Wildman–Crippen MR) is 83.3 cm³/mol. The Morgan fingerprint density at radius 2 is 1.70 bits per heavy atom. The number of nitrogens with zero attached hydrogens (tertiary/aromatic N) is 3. The first kappa shape index (κ1) is 16.1. The minimum absolute atomic E-state index is 0.133. The molecule has 2 aromatic rings. The van der Waals surface area contributed by atoms with Gasteiger partial charge >= 0.3 is 0 Å². The number of nitro groups is 2. The second kappa shape index (κ2) is 6.65. The fourth-order valence-electron chi connectivity index (χ4n) is 2.06. The Labute approximate surface area is 131 Å². The van der Waals surface area contributed by atoms with Crippen LogP contribution in [0.1, 0.15) is 5.56 Å². The molecule has 0 aliphatic rings. The van der Waals surface area contributed by atoms with Crippen molar-refractivity contribution in [2.45, 2.75) is 6.42 Å². The number of likely N-dealkylation sites (N-methyl/N-ethyl adjacent to an activating group) is 1. The molecule has 0 aromatic heterocycles. The molecule has 8 nitrogen and oxygen atoms in total. The lowest BCUT2D eigenvalue weighted by Gasteiger charge is -2.17. The summed E-state index contributed by atoms with van der Waals surface area (Å²) >= 11 is 0. The molecular weight excluding hydrogens is 302 g/mol. The number of hydrogen-bond acceptors (Lipinski definition) is 5. The Morgan fingerprint density at radius 3 is 2.26 bits per heavy atom. The molecule has 1 amide bonds. The summed E-state index contributed by atoms with van der Waals surface area (Å²) in [6, 6.07) is 12.1. The molecule has 0 fully saturated rings. The molecule has 0 bridgehead atoms. The van der Waals surface area contributed by atoms with E-state index in [-0.39, 0.29) is 23.6 Å². The molecule has 0 heterocycles. The van der Waals surface area contributed by atoms with Crippen molar-refractivity contribution in [1.82, 2.24) is 0 Å². The molecule has 118 valence electrons. The molecule has 2 aromatic carbocycles. The summed E-state index contributed by atoms with van der Waals surface area (Å²) in [6.07, 6.45) is -0.223. The van der Waals surface area contributed by atoms with Crippen molar-refractivity contribution >= 4 is 23.0 Å². The van der Waals surface area contributed by atoms with Gasteiger partial charge in [-0.05, 0) is 18.2 Å². The van der Waals surface area contributed by atoms with E-state index in [1.807, 2.05) is 6.07 Å². The SMILES string of the molecule is CN(C(=O)Cc1ccc([N+](=O)[O-])cc1[N+](=O)[O-])c1ccccc1. The van der Waals surface area contributed by atoms with Gasteiger partial charge in [0.1, 0.15) is 0 Å². The van der Waals surface area contributed by atoms with Crippen LogP contribution >= 0.6 is 0 Å². The average molecular weight is 315 g/mol. The van der Waals surface area contributed by atoms with E-state index in [0.29, 0.717) is 5.69 Å². The van der Waals surface area contributed by atoms with E-state index in [9.17, 15) is 25.0 Å². The second-order valence-corrected chi connectivity index (χ2v) is 4.79. The molecule has 0 saturated heterocycles. The summed E-state index contributed by atoms with van der Waals surface area (Å²) in [4.78, 5) is 34.0. The molecule has 0 aliphatic heterocycles. The molecule has 8 heteroatoms. The normalized spacial score (nSPS) is 10.1. The highest BCUT2D eigenvalue weighted by atomic mass is 16.6. The maximum Gasteiger partial charge on any atom is 0.279 e. The zero-order chi connectivity index (χ0) is 17.0. The molecule has 0 N–H and O–H groups in total. The average Bonchev–Trinajstić information content (AvgIpc) is 2.54. The van der Waals surface area contributed by atoms with Gasteiger partial charge in [-0.2, -0.15) is 0 Å². The molecule has 2 rings (SSSR count). The van der Waals surface area contributed by atoms with E-state index in [1.54, 1.807) is 31.3 Å². The van der Waals surface area contributed by atoms with E-state index in [0.717, 1.165) is 12.1 Å². The van der Waals surface area contributed by atoms with Gasteiger partial charge in [0, 0.05) is 24.4 Å². The first-order valence-electron chi connectivity index (χ1n) is 6.63. The first-order chi connectivity index (χ1) is 10.9. The number of non-ortho nitro benzene ring substituents is 1. The van der Waals surface area contributed by atoms with Crippen LogP contribution in [-0.4, -0.2) is 22.8 Å². The van der Waals surface area contributed by atoms with Crippen LogP contribution in [0.5, 0.6) is 0 Å². The molecule has 0 spiro atoms. The van der Waals surface area contributed by atoms with Crippen LogP contribution in [0.25, 0.3) is 0 Å². The largest absolute Gasteiger partial charge is 0.315 e. The second-order valence-electron chi connectivity index (χ2n) is 4.79. The van der Waals surface area contributed by atoms with Crippen LogP contribution in [0.4, 0.5) is 17.1 Å². The van der Waals surface area contributed by atoms with Crippen molar-refractivity contribution in [3.8, 4) is 0 Å². The number of hydrogen-bond donors (Lipinski definition) is 0. The van der Waals surface area contributed by atoms with Crippen molar-refractivity contribution in [2.75, 3.05) is 11.9 Å². The first-order valence-corrected chi connectivity index (χ1v) is 6.63. The van der Waals surface area contributed by atoms with Gasteiger partial charge in [-0.25, -0.2) is 0 Å². The Bertz CT molecular complexity index is 761. The molecule has 0 saturated carbocycles. The summed E-state index contributed by atoms with van der Waals surface area (Å²) in [5, 5.41) is 21.8.